The third-order valence-corrected chi connectivity index (χ3v) is 8.25. The van der Waals surface area contributed by atoms with Crippen molar-refractivity contribution in [2.75, 3.05) is 4.72 Å². The van der Waals surface area contributed by atoms with E-state index in [0.29, 0.717) is 5.69 Å². The van der Waals surface area contributed by atoms with Crippen molar-refractivity contribution in [3.05, 3.63) is 82.7 Å². The summed E-state index contributed by atoms with van der Waals surface area (Å²) < 4.78 is 32.6. The van der Waals surface area contributed by atoms with Crippen LogP contribution in [0.25, 0.3) is 0 Å². The normalized spacial score (nSPS) is 16.3. The molecule has 2 unspecified atom stereocenters. The van der Waals surface area contributed by atoms with E-state index in [1.54, 1.807) is 11.4 Å². The molecule has 1 aliphatic rings. The van der Waals surface area contributed by atoms with E-state index in [1.165, 1.54) is 42.8 Å². The van der Waals surface area contributed by atoms with Gasteiger partial charge in [-0.1, -0.05) is 30.3 Å². The van der Waals surface area contributed by atoms with E-state index in [4.69, 9.17) is 4.74 Å². The van der Waals surface area contributed by atoms with Gasteiger partial charge in [-0.3, -0.25) is 9.52 Å². The zero-order valence-electron chi connectivity index (χ0n) is 18.0. The summed E-state index contributed by atoms with van der Waals surface area (Å²) in [5, 5.41) is 4.67. The maximum atomic E-state index is 12.6. The van der Waals surface area contributed by atoms with Crippen molar-refractivity contribution in [2.45, 2.75) is 42.5 Å². The number of aryl methyl sites for hydroxylation is 1. The highest BCUT2D eigenvalue weighted by molar-refractivity contribution is 7.94. The Kier molecular flexibility index (Phi) is 6.80. The lowest BCUT2D eigenvalue weighted by Crippen LogP contribution is -2.39. The lowest BCUT2D eigenvalue weighted by atomic mass is 9.87. The van der Waals surface area contributed by atoms with Gasteiger partial charge in [0, 0.05) is 5.69 Å². The molecule has 2 aromatic carbocycles. The smallest absolute Gasteiger partial charge is 0.338 e. The van der Waals surface area contributed by atoms with Crippen molar-refractivity contribution in [3.63, 3.8) is 0 Å². The number of amides is 1. The first-order valence-corrected chi connectivity index (χ1v) is 13.0. The average molecular weight is 485 g/mol. The van der Waals surface area contributed by atoms with E-state index in [0.717, 1.165) is 36.2 Å². The average Bonchev–Trinajstić information content (AvgIpc) is 3.36. The zero-order chi connectivity index (χ0) is 23.4. The second-order valence-electron chi connectivity index (χ2n) is 7.81. The number of rotatable bonds is 7. The van der Waals surface area contributed by atoms with Crippen molar-refractivity contribution in [1.82, 2.24) is 5.32 Å². The van der Waals surface area contributed by atoms with Crippen LogP contribution in [0.5, 0.6) is 0 Å². The van der Waals surface area contributed by atoms with Crippen molar-refractivity contribution in [2.24, 2.45) is 0 Å². The molecule has 2 atom stereocenters. The molecular formula is C24H24N2O5S2. The molecule has 1 aliphatic carbocycles. The quantitative estimate of drug-likeness (QED) is 0.487. The van der Waals surface area contributed by atoms with Gasteiger partial charge in [0.15, 0.2) is 6.10 Å². The number of fused-ring (bicyclic) bond motifs is 1. The van der Waals surface area contributed by atoms with Gasteiger partial charge in [-0.15, -0.1) is 11.3 Å². The van der Waals surface area contributed by atoms with Crippen LogP contribution in [-0.2, 0) is 26.0 Å². The Hall–Kier alpha value is -3.17. The fourth-order valence-corrected chi connectivity index (χ4v) is 5.82. The standard InChI is InChI=1S/C24H24N2O5S2/c1-16(23(27)25-21-9-4-7-17-6-2-3-8-20(17)21)31-24(28)18-11-13-19(14-12-18)26-33(29,30)22-10-5-15-32-22/h2-3,5-6,8,10-16,21,26H,4,7,9H2,1H3,(H,25,27). The molecule has 0 bridgehead atoms. The number of ether oxygens (including phenoxy) is 1. The highest BCUT2D eigenvalue weighted by Crippen LogP contribution is 2.29. The van der Waals surface area contributed by atoms with E-state index in [-0.39, 0.29) is 21.7 Å². The van der Waals surface area contributed by atoms with Gasteiger partial charge in [0.1, 0.15) is 4.21 Å². The molecule has 1 aromatic heterocycles. The Labute approximate surface area is 196 Å². The monoisotopic (exact) mass is 484 g/mol. The van der Waals surface area contributed by atoms with Crippen LogP contribution in [0.15, 0.2) is 70.3 Å². The summed E-state index contributed by atoms with van der Waals surface area (Å²) in [5.74, 6) is -1.01. The minimum Gasteiger partial charge on any atom is -0.449 e. The second-order valence-corrected chi connectivity index (χ2v) is 10.7. The molecule has 1 amide bonds. The third kappa shape index (κ3) is 5.43. The molecule has 9 heteroatoms. The molecule has 7 nitrogen and oxygen atoms in total. The van der Waals surface area contributed by atoms with Crippen LogP contribution < -0.4 is 10.0 Å². The second kappa shape index (κ2) is 9.76. The summed E-state index contributed by atoms with van der Waals surface area (Å²) in [6.07, 6.45) is 1.85. The fraction of sp³-hybridized carbons (Fsp3) is 0.250. The van der Waals surface area contributed by atoms with Gasteiger partial charge < -0.3 is 10.1 Å². The number of thiophene rings is 1. The van der Waals surface area contributed by atoms with Gasteiger partial charge >= 0.3 is 5.97 Å². The maximum absolute atomic E-state index is 12.6. The van der Waals surface area contributed by atoms with Crippen LogP contribution in [-0.4, -0.2) is 26.4 Å². The largest absolute Gasteiger partial charge is 0.449 e. The number of hydrogen-bond acceptors (Lipinski definition) is 6. The molecule has 0 saturated carbocycles. The first-order chi connectivity index (χ1) is 15.8. The van der Waals surface area contributed by atoms with E-state index < -0.39 is 22.1 Å². The number of sulfonamides is 1. The predicted octanol–water partition coefficient (Wildman–Crippen LogP) is 4.29. The molecule has 2 N–H and O–H groups in total. The van der Waals surface area contributed by atoms with E-state index in [1.807, 2.05) is 18.2 Å². The first-order valence-electron chi connectivity index (χ1n) is 10.6. The van der Waals surface area contributed by atoms with Crippen molar-refractivity contribution in [1.29, 1.82) is 0 Å². The molecule has 172 valence electrons. The predicted molar refractivity (Wildman–Crippen MR) is 127 cm³/mol. The van der Waals surface area contributed by atoms with Gasteiger partial charge in [0.05, 0.1) is 11.6 Å². The van der Waals surface area contributed by atoms with Crippen LogP contribution >= 0.6 is 11.3 Å². The summed E-state index contributed by atoms with van der Waals surface area (Å²) in [6, 6.07) is 17.0. The summed E-state index contributed by atoms with van der Waals surface area (Å²) in [7, 11) is -3.67. The lowest BCUT2D eigenvalue weighted by Gasteiger charge is -2.27. The minimum atomic E-state index is -3.67. The summed E-state index contributed by atoms with van der Waals surface area (Å²) in [4.78, 5) is 25.1. The Balaban J connectivity index is 1.35. The number of hydrogen-bond donors (Lipinski definition) is 2. The van der Waals surface area contributed by atoms with Gasteiger partial charge in [-0.05, 0) is 73.0 Å². The van der Waals surface area contributed by atoms with Crippen LogP contribution in [0.1, 0.15) is 47.3 Å². The van der Waals surface area contributed by atoms with Crippen LogP contribution in [0.2, 0.25) is 0 Å². The van der Waals surface area contributed by atoms with Crippen molar-refractivity contribution in [3.8, 4) is 0 Å². The van der Waals surface area contributed by atoms with E-state index in [9.17, 15) is 18.0 Å². The zero-order valence-corrected chi connectivity index (χ0v) is 19.6. The van der Waals surface area contributed by atoms with Crippen LogP contribution in [0, 0.1) is 0 Å². The molecular weight excluding hydrogens is 460 g/mol. The SMILES string of the molecule is CC(OC(=O)c1ccc(NS(=O)(=O)c2cccs2)cc1)C(=O)NC1CCCc2ccccc21. The van der Waals surface area contributed by atoms with Crippen molar-refractivity contribution < 1.29 is 22.7 Å². The Bertz CT molecular complexity index is 1240. The Morgan fingerprint density at radius 3 is 2.55 bits per heavy atom. The number of anilines is 1. The van der Waals surface area contributed by atoms with Gasteiger partial charge in [0.2, 0.25) is 0 Å². The number of benzene rings is 2. The van der Waals surface area contributed by atoms with Gasteiger partial charge in [-0.25, -0.2) is 13.2 Å². The minimum absolute atomic E-state index is 0.0979. The number of carbonyl (C=O) groups excluding carboxylic acids is 2. The molecule has 3 aromatic rings. The molecule has 0 spiro atoms. The molecule has 1 heterocycles. The summed E-state index contributed by atoms with van der Waals surface area (Å²) in [5.41, 5.74) is 2.88. The first kappa shape index (κ1) is 23.0. The molecule has 33 heavy (non-hydrogen) atoms. The highest BCUT2D eigenvalue weighted by Gasteiger charge is 2.25. The molecule has 0 radical (unpaired) electrons. The van der Waals surface area contributed by atoms with E-state index in [2.05, 4.69) is 16.1 Å². The number of nitrogens with one attached hydrogen (secondary N) is 2. The maximum Gasteiger partial charge on any atom is 0.338 e. The number of esters is 1. The highest BCUT2D eigenvalue weighted by atomic mass is 32.2. The Morgan fingerprint density at radius 1 is 1.06 bits per heavy atom. The lowest BCUT2D eigenvalue weighted by molar-refractivity contribution is -0.130. The molecule has 4 rings (SSSR count). The van der Waals surface area contributed by atoms with Gasteiger partial charge in [0.25, 0.3) is 15.9 Å². The van der Waals surface area contributed by atoms with Crippen molar-refractivity contribution >= 4 is 38.9 Å². The molecule has 0 aliphatic heterocycles. The fourth-order valence-electron chi connectivity index (χ4n) is 3.77. The topological polar surface area (TPSA) is 102 Å². The number of carbonyl (C=O) groups is 2. The summed E-state index contributed by atoms with van der Waals surface area (Å²) >= 11 is 1.11. The van der Waals surface area contributed by atoms with E-state index >= 15 is 0 Å². The Morgan fingerprint density at radius 2 is 1.82 bits per heavy atom. The van der Waals surface area contributed by atoms with Crippen LogP contribution in [0.3, 0.4) is 0 Å². The summed E-state index contributed by atoms with van der Waals surface area (Å²) in [6.45, 7) is 1.53. The van der Waals surface area contributed by atoms with Crippen LogP contribution in [0.4, 0.5) is 5.69 Å². The molecule has 0 fully saturated rings. The molecule has 0 saturated heterocycles. The van der Waals surface area contributed by atoms with Gasteiger partial charge in [-0.2, -0.15) is 0 Å². The third-order valence-electron chi connectivity index (χ3n) is 5.47.